The number of ether oxygens (including phenoxy) is 2. The van der Waals surface area contributed by atoms with Crippen molar-refractivity contribution in [2.75, 3.05) is 11.9 Å². The summed E-state index contributed by atoms with van der Waals surface area (Å²) in [5.41, 5.74) is 3.34. The van der Waals surface area contributed by atoms with Crippen LogP contribution in [0.1, 0.15) is 30.5 Å². The van der Waals surface area contributed by atoms with Gasteiger partial charge in [0.2, 0.25) is 0 Å². The number of nitrogens with one attached hydrogen (secondary N) is 2. The number of thioether (sulfide) groups is 1. The molecule has 0 spiro atoms. The number of nitro groups is 1. The monoisotopic (exact) mass is 583 g/mol. The summed E-state index contributed by atoms with van der Waals surface area (Å²) >= 11 is 4.96. The Morgan fingerprint density at radius 3 is 2.59 bits per heavy atom. The van der Waals surface area contributed by atoms with Crippen molar-refractivity contribution in [1.29, 1.82) is 0 Å². The van der Waals surface area contributed by atoms with Gasteiger partial charge in [0, 0.05) is 17.8 Å². The highest BCUT2D eigenvalue weighted by Gasteiger charge is 2.27. The number of aryl methyl sites for hydroxylation is 1. The Morgan fingerprint density at radius 2 is 1.89 bits per heavy atom. The number of nitrogens with zero attached hydrogens (tertiary/aromatic N) is 1. The molecule has 8 nitrogen and oxygen atoms in total. The van der Waals surface area contributed by atoms with E-state index in [1.54, 1.807) is 18.2 Å². The highest BCUT2D eigenvalue weighted by Crippen LogP contribution is 2.39. The van der Waals surface area contributed by atoms with Crippen LogP contribution >= 0.6 is 27.7 Å². The van der Waals surface area contributed by atoms with Gasteiger partial charge in [-0.2, -0.15) is 0 Å². The minimum absolute atomic E-state index is 0.00489. The van der Waals surface area contributed by atoms with Crippen LogP contribution in [0.4, 0.5) is 11.4 Å². The lowest BCUT2D eigenvalue weighted by Gasteiger charge is -2.15. The molecule has 10 heteroatoms. The van der Waals surface area contributed by atoms with Gasteiger partial charge in [-0.25, -0.2) is 0 Å². The number of halogens is 1. The minimum atomic E-state index is -0.438. The second-order valence-corrected chi connectivity index (χ2v) is 10.2. The van der Waals surface area contributed by atoms with Crippen molar-refractivity contribution in [3.05, 3.63) is 96.8 Å². The fourth-order valence-electron chi connectivity index (χ4n) is 3.69. The zero-order chi connectivity index (χ0) is 26.4. The second kappa shape index (κ2) is 12.2. The van der Waals surface area contributed by atoms with Gasteiger partial charge in [0.15, 0.2) is 17.0 Å². The number of hydrogen-bond donors (Lipinski definition) is 2. The molecule has 1 atom stereocenters. The molecule has 2 N–H and O–H groups in total. The molecule has 37 heavy (non-hydrogen) atoms. The van der Waals surface area contributed by atoms with E-state index in [4.69, 9.17) is 9.47 Å². The van der Waals surface area contributed by atoms with Crippen molar-refractivity contribution in [3.63, 3.8) is 0 Å². The molecule has 1 saturated heterocycles. The lowest BCUT2D eigenvalue weighted by molar-refractivity contribution is -0.384. The summed E-state index contributed by atoms with van der Waals surface area (Å²) in [5, 5.41) is 17.3. The fourth-order valence-corrected chi connectivity index (χ4v) is 5.25. The van der Waals surface area contributed by atoms with Gasteiger partial charge >= 0.3 is 0 Å². The minimum Gasteiger partial charge on any atom is -0.490 e. The molecule has 1 heterocycles. The van der Waals surface area contributed by atoms with Crippen molar-refractivity contribution in [2.24, 2.45) is 0 Å². The van der Waals surface area contributed by atoms with Crippen molar-refractivity contribution in [2.45, 2.75) is 32.4 Å². The van der Waals surface area contributed by atoms with Gasteiger partial charge in [-0.3, -0.25) is 14.9 Å². The van der Waals surface area contributed by atoms with Crippen LogP contribution in [0.3, 0.4) is 0 Å². The topological polar surface area (TPSA) is 103 Å². The largest absolute Gasteiger partial charge is 0.490 e. The zero-order valence-corrected chi connectivity index (χ0v) is 22.7. The smallest absolute Gasteiger partial charge is 0.269 e. The van der Waals surface area contributed by atoms with Crippen LogP contribution < -0.4 is 20.1 Å². The number of nitro benzene ring substituents is 1. The molecular formula is C27H26BrN3O5S. The van der Waals surface area contributed by atoms with E-state index in [9.17, 15) is 14.9 Å². The molecular weight excluding hydrogens is 558 g/mol. The fraction of sp³-hybridized carbons (Fsp3) is 0.222. The molecule has 4 rings (SSSR count). The number of carbonyl (C=O) groups is 1. The molecule has 192 valence electrons. The Morgan fingerprint density at radius 1 is 1.11 bits per heavy atom. The first-order chi connectivity index (χ1) is 17.9. The summed E-state index contributed by atoms with van der Waals surface area (Å²) in [5.74, 6) is 0.824. The number of benzene rings is 3. The first-order valence-corrected chi connectivity index (χ1v) is 13.4. The summed E-state index contributed by atoms with van der Waals surface area (Å²) < 4.78 is 12.4. The number of non-ortho nitro benzene ring substituents is 1. The van der Waals surface area contributed by atoms with Crippen LogP contribution in [0.2, 0.25) is 0 Å². The highest BCUT2D eigenvalue weighted by atomic mass is 79.9. The maximum absolute atomic E-state index is 12.6. The standard InChI is InChI=1S/C27H26BrN3O5S/c1-3-17-8-10-20(11-9-17)29-27-30-26(32)24(37-27)15-19-13-22(28)25(23(14-19)35-4-2)36-16-18-6-5-7-21(12-18)31(33)34/h5-15,27,29H,3-4,16H2,1-2H3,(H,30,32)/b24-15-/t27-/m1/s1. The molecule has 0 radical (unpaired) electrons. The number of carbonyl (C=O) groups excluding carboxylic acids is 1. The van der Waals surface area contributed by atoms with Gasteiger partial charge in [0.25, 0.3) is 11.6 Å². The maximum Gasteiger partial charge on any atom is 0.269 e. The van der Waals surface area contributed by atoms with Crippen LogP contribution in [0, 0.1) is 10.1 Å². The Bertz CT molecular complexity index is 1330. The lowest BCUT2D eigenvalue weighted by atomic mass is 10.1. The van der Waals surface area contributed by atoms with Crippen LogP contribution in [0.25, 0.3) is 6.08 Å². The molecule has 1 amide bonds. The SMILES string of the molecule is CCOc1cc(/C=C2\S[C@H](Nc3ccc(CC)cc3)NC2=O)cc(Br)c1OCc1cccc([N+](=O)[O-])c1. The van der Waals surface area contributed by atoms with Gasteiger partial charge in [0.05, 0.1) is 20.9 Å². The molecule has 0 unspecified atom stereocenters. The van der Waals surface area contributed by atoms with E-state index >= 15 is 0 Å². The number of rotatable bonds is 10. The maximum atomic E-state index is 12.6. The quantitative estimate of drug-likeness (QED) is 0.159. The molecule has 3 aromatic carbocycles. The summed E-state index contributed by atoms with van der Waals surface area (Å²) in [7, 11) is 0. The van der Waals surface area contributed by atoms with E-state index in [0.29, 0.717) is 33.0 Å². The van der Waals surface area contributed by atoms with E-state index in [2.05, 4.69) is 45.6 Å². The first kappa shape index (κ1) is 26.6. The van der Waals surface area contributed by atoms with Crippen molar-refractivity contribution >= 4 is 51.0 Å². The highest BCUT2D eigenvalue weighted by molar-refractivity contribution is 9.10. The molecule has 0 saturated carbocycles. The van der Waals surface area contributed by atoms with Crippen molar-refractivity contribution in [1.82, 2.24) is 5.32 Å². The third-order valence-electron chi connectivity index (χ3n) is 5.52. The number of hydrogen-bond acceptors (Lipinski definition) is 7. The Kier molecular flexibility index (Phi) is 8.73. The van der Waals surface area contributed by atoms with E-state index < -0.39 is 4.92 Å². The van der Waals surface area contributed by atoms with Crippen LogP contribution in [-0.4, -0.2) is 22.9 Å². The van der Waals surface area contributed by atoms with Crippen molar-refractivity contribution < 1.29 is 19.2 Å². The van der Waals surface area contributed by atoms with Gasteiger partial charge in [-0.1, -0.05) is 43.0 Å². The Hall–Kier alpha value is -3.50. The second-order valence-electron chi connectivity index (χ2n) is 8.15. The normalized spacial score (nSPS) is 15.9. The van der Waals surface area contributed by atoms with Crippen LogP contribution in [0.15, 0.2) is 70.0 Å². The summed E-state index contributed by atoms with van der Waals surface area (Å²) in [4.78, 5) is 23.8. The van der Waals surface area contributed by atoms with Gasteiger partial charge < -0.3 is 20.1 Å². The Labute approximate surface area is 227 Å². The van der Waals surface area contributed by atoms with Gasteiger partial charge in [-0.05, 0) is 76.3 Å². The predicted molar refractivity (Wildman–Crippen MR) is 150 cm³/mol. The molecule has 0 aliphatic carbocycles. The lowest BCUT2D eigenvalue weighted by Crippen LogP contribution is -2.30. The third-order valence-corrected chi connectivity index (χ3v) is 7.14. The molecule has 0 bridgehead atoms. The molecule has 1 fully saturated rings. The average Bonchev–Trinajstić information content (AvgIpc) is 3.22. The third kappa shape index (κ3) is 6.84. The summed E-state index contributed by atoms with van der Waals surface area (Å²) in [6.45, 7) is 4.52. The summed E-state index contributed by atoms with van der Waals surface area (Å²) in [6.07, 6.45) is 2.78. The van der Waals surface area contributed by atoms with E-state index in [-0.39, 0.29) is 23.7 Å². The average molecular weight is 584 g/mol. The van der Waals surface area contributed by atoms with E-state index in [1.165, 1.54) is 29.5 Å². The van der Waals surface area contributed by atoms with Crippen LogP contribution in [0.5, 0.6) is 11.5 Å². The number of amides is 1. The molecule has 3 aromatic rings. The number of anilines is 1. The predicted octanol–water partition coefficient (Wildman–Crippen LogP) is 6.50. The van der Waals surface area contributed by atoms with Gasteiger partial charge in [0.1, 0.15) is 6.61 Å². The van der Waals surface area contributed by atoms with E-state index in [1.807, 2.05) is 31.2 Å². The van der Waals surface area contributed by atoms with Crippen molar-refractivity contribution in [3.8, 4) is 11.5 Å². The van der Waals surface area contributed by atoms with Gasteiger partial charge in [-0.15, -0.1) is 0 Å². The first-order valence-electron chi connectivity index (χ1n) is 11.7. The van der Waals surface area contributed by atoms with E-state index in [0.717, 1.165) is 17.7 Å². The molecule has 1 aliphatic heterocycles. The van der Waals surface area contributed by atoms with Crippen LogP contribution in [-0.2, 0) is 17.8 Å². The Balaban J connectivity index is 1.49. The zero-order valence-electron chi connectivity index (χ0n) is 20.3. The molecule has 1 aliphatic rings. The summed E-state index contributed by atoms with van der Waals surface area (Å²) in [6, 6.07) is 18.1. The molecule has 0 aromatic heterocycles.